The SMILES string of the molecule is O=C(NCCO)C(=O)Nc1ccccc1C(=O)N1CCCC1. The Labute approximate surface area is 128 Å². The first kappa shape index (κ1) is 16.0. The summed E-state index contributed by atoms with van der Waals surface area (Å²) in [4.78, 5) is 37.5. The fourth-order valence-corrected chi connectivity index (χ4v) is 2.30. The minimum Gasteiger partial charge on any atom is -0.395 e. The van der Waals surface area contributed by atoms with Gasteiger partial charge in [-0.3, -0.25) is 14.4 Å². The van der Waals surface area contributed by atoms with E-state index in [1.807, 2.05) is 0 Å². The Kier molecular flexibility index (Phi) is 5.48. The predicted molar refractivity (Wildman–Crippen MR) is 80.3 cm³/mol. The molecule has 1 aliphatic heterocycles. The predicted octanol–water partition coefficient (Wildman–Crippen LogP) is -0.0304. The summed E-state index contributed by atoms with van der Waals surface area (Å²) in [6.45, 7) is 1.17. The molecular weight excluding hydrogens is 286 g/mol. The van der Waals surface area contributed by atoms with Crippen LogP contribution in [0.15, 0.2) is 24.3 Å². The first-order valence-electron chi connectivity index (χ1n) is 7.22. The number of aliphatic hydroxyl groups is 1. The van der Waals surface area contributed by atoms with E-state index in [0.29, 0.717) is 24.3 Å². The third-order valence-electron chi connectivity index (χ3n) is 3.40. The van der Waals surface area contributed by atoms with Gasteiger partial charge >= 0.3 is 11.8 Å². The molecule has 0 spiro atoms. The monoisotopic (exact) mass is 305 g/mol. The molecule has 0 bridgehead atoms. The molecule has 2 rings (SSSR count). The summed E-state index contributed by atoms with van der Waals surface area (Å²) in [5.74, 6) is -1.86. The number of hydrogen-bond acceptors (Lipinski definition) is 4. The van der Waals surface area contributed by atoms with E-state index in [1.54, 1.807) is 29.2 Å². The van der Waals surface area contributed by atoms with Crippen LogP contribution in [-0.4, -0.2) is 54.0 Å². The van der Waals surface area contributed by atoms with Gasteiger partial charge in [-0.2, -0.15) is 0 Å². The largest absolute Gasteiger partial charge is 0.395 e. The molecule has 0 aliphatic carbocycles. The number of hydrogen-bond donors (Lipinski definition) is 3. The number of nitrogens with zero attached hydrogens (tertiary/aromatic N) is 1. The first-order chi connectivity index (χ1) is 10.6. The Balaban J connectivity index is 2.09. The van der Waals surface area contributed by atoms with Gasteiger partial charge in [0.2, 0.25) is 0 Å². The molecule has 1 fully saturated rings. The highest BCUT2D eigenvalue weighted by Crippen LogP contribution is 2.20. The minimum absolute atomic E-state index is 0.000604. The van der Waals surface area contributed by atoms with E-state index in [1.165, 1.54) is 0 Å². The number of likely N-dealkylation sites (tertiary alicyclic amines) is 1. The number of nitrogens with one attached hydrogen (secondary N) is 2. The highest BCUT2D eigenvalue weighted by molar-refractivity contribution is 6.40. The molecule has 118 valence electrons. The molecule has 0 saturated carbocycles. The van der Waals surface area contributed by atoms with Gasteiger partial charge < -0.3 is 20.6 Å². The van der Waals surface area contributed by atoms with Crippen molar-refractivity contribution in [3.8, 4) is 0 Å². The normalized spacial score (nSPS) is 13.8. The summed E-state index contributed by atoms with van der Waals surface area (Å²) in [6.07, 6.45) is 1.95. The second-order valence-electron chi connectivity index (χ2n) is 4.98. The van der Waals surface area contributed by atoms with E-state index in [-0.39, 0.29) is 19.1 Å². The van der Waals surface area contributed by atoms with E-state index in [4.69, 9.17) is 5.11 Å². The number of carbonyl (C=O) groups excluding carboxylic acids is 3. The fraction of sp³-hybridized carbons (Fsp3) is 0.400. The van der Waals surface area contributed by atoms with E-state index in [0.717, 1.165) is 12.8 Å². The molecule has 1 aromatic carbocycles. The summed E-state index contributed by atoms with van der Waals surface area (Å²) in [6, 6.07) is 6.61. The summed E-state index contributed by atoms with van der Waals surface area (Å²) in [7, 11) is 0. The first-order valence-corrected chi connectivity index (χ1v) is 7.22. The van der Waals surface area contributed by atoms with Crippen LogP contribution in [0.5, 0.6) is 0 Å². The molecule has 7 nitrogen and oxygen atoms in total. The molecule has 0 radical (unpaired) electrons. The molecule has 1 aromatic rings. The van der Waals surface area contributed by atoms with Crippen LogP contribution in [0.3, 0.4) is 0 Å². The lowest BCUT2D eigenvalue weighted by Crippen LogP contribution is -2.37. The molecule has 22 heavy (non-hydrogen) atoms. The van der Waals surface area contributed by atoms with Crippen molar-refractivity contribution < 1.29 is 19.5 Å². The highest BCUT2D eigenvalue weighted by atomic mass is 16.3. The van der Waals surface area contributed by atoms with Crippen LogP contribution in [0.1, 0.15) is 23.2 Å². The number of rotatable bonds is 4. The van der Waals surface area contributed by atoms with Crippen molar-refractivity contribution >= 4 is 23.4 Å². The number of para-hydroxylation sites is 1. The van der Waals surface area contributed by atoms with Gasteiger partial charge in [-0.1, -0.05) is 12.1 Å². The summed E-state index contributed by atoms with van der Waals surface area (Å²) in [5, 5.41) is 13.3. The van der Waals surface area contributed by atoms with Crippen LogP contribution in [0, 0.1) is 0 Å². The third kappa shape index (κ3) is 3.82. The van der Waals surface area contributed by atoms with Crippen LogP contribution in [0.2, 0.25) is 0 Å². The molecule has 0 unspecified atom stereocenters. The van der Waals surface area contributed by atoms with E-state index >= 15 is 0 Å². The van der Waals surface area contributed by atoms with Crippen molar-refractivity contribution in [2.45, 2.75) is 12.8 Å². The van der Waals surface area contributed by atoms with E-state index < -0.39 is 11.8 Å². The van der Waals surface area contributed by atoms with Gasteiger partial charge in [0, 0.05) is 19.6 Å². The number of carbonyl (C=O) groups is 3. The van der Waals surface area contributed by atoms with Gasteiger partial charge in [0.05, 0.1) is 17.9 Å². The maximum Gasteiger partial charge on any atom is 0.313 e. The van der Waals surface area contributed by atoms with Crippen molar-refractivity contribution in [3.05, 3.63) is 29.8 Å². The summed E-state index contributed by atoms with van der Waals surface area (Å²) in [5.41, 5.74) is 0.677. The zero-order valence-corrected chi connectivity index (χ0v) is 12.2. The van der Waals surface area contributed by atoms with Gasteiger partial charge in [0.15, 0.2) is 0 Å². The molecule has 1 heterocycles. The minimum atomic E-state index is -0.866. The quantitative estimate of drug-likeness (QED) is 0.680. The third-order valence-corrected chi connectivity index (χ3v) is 3.40. The standard InChI is InChI=1S/C15H19N3O4/c19-10-7-16-13(20)14(21)17-12-6-2-1-5-11(12)15(22)18-8-3-4-9-18/h1-2,5-6,19H,3-4,7-10H2,(H,16,20)(H,17,21). The molecule has 3 amide bonds. The second-order valence-corrected chi connectivity index (χ2v) is 4.98. The van der Waals surface area contributed by atoms with E-state index in [2.05, 4.69) is 10.6 Å². The van der Waals surface area contributed by atoms with Crippen LogP contribution in [0.25, 0.3) is 0 Å². The Bertz CT molecular complexity index is 568. The molecular formula is C15H19N3O4. The average Bonchev–Trinajstić information content (AvgIpc) is 3.06. The van der Waals surface area contributed by atoms with E-state index in [9.17, 15) is 14.4 Å². The molecule has 0 aromatic heterocycles. The Morgan fingerprint density at radius 3 is 2.45 bits per heavy atom. The summed E-state index contributed by atoms with van der Waals surface area (Å²) < 4.78 is 0. The molecule has 0 atom stereocenters. The molecule has 7 heteroatoms. The second kappa shape index (κ2) is 7.56. The maximum absolute atomic E-state index is 12.4. The number of benzene rings is 1. The Morgan fingerprint density at radius 2 is 1.77 bits per heavy atom. The van der Waals surface area contributed by atoms with Gasteiger partial charge in [0.1, 0.15) is 0 Å². The van der Waals surface area contributed by atoms with Gasteiger partial charge in [-0.25, -0.2) is 0 Å². The Morgan fingerprint density at radius 1 is 1.09 bits per heavy atom. The maximum atomic E-state index is 12.4. The number of amides is 3. The van der Waals surface area contributed by atoms with Gasteiger partial charge in [-0.15, -0.1) is 0 Å². The van der Waals surface area contributed by atoms with Crippen molar-refractivity contribution in [3.63, 3.8) is 0 Å². The number of anilines is 1. The zero-order valence-electron chi connectivity index (χ0n) is 12.2. The zero-order chi connectivity index (χ0) is 15.9. The highest BCUT2D eigenvalue weighted by Gasteiger charge is 2.23. The fourth-order valence-electron chi connectivity index (χ4n) is 2.30. The van der Waals surface area contributed by atoms with Crippen molar-refractivity contribution in [2.24, 2.45) is 0 Å². The van der Waals surface area contributed by atoms with Gasteiger partial charge in [0.25, 0.3) is 5.91 Å². The molecule has 1 saturated heterocycles. The van der Waals surface area contributed by atoms with Crippen LogP contribution in [-0.2, 0) is 9.59 Å². The Hall–Kier alpha value is -2.41. The lowest BCUT2D eigenvalue weighted by Gasteiger charge is -2.17. The molecule has 3 N–H and O–H groups in total. The molecule has 1 aliphatic rings. The van der Waals surface area contributed by atoms with Crippen LogP contribution >= 0.6 is 0 Å². The lowest BCUT2D eigenvalue weighted by molar-refractivity contribution is -0.136. The topological polar surface area (TPSA) is 98.7 Å². The van der Waals surface area contributed by atoms with Gasteiger partial charge in [-0.05, 0) is 25.0 Å². The lowest BCUT2D eigenvalue weighted by atomic mass is 10.1. The van der Waals surface area contributed by atoms with Crippen LogP contribution in [0.4, 0.5) is 5.69 Å². The summed E-state index contributed by atoms with van der Waals surface area (Å²) >= 11 is 0. The van der Waals surface area contributed by atoms with Crippen molar-refractivity contribution in [1.82, 2.24) is 10.2 Å². The van der Waals surface area contributed by atoms with Crippen molar-refractivity contribution in [1.29, 1.82) is 0 Å². The smallest absolute Gasteiger partial charge is 0.313 e. The number of aliphatic hydroxyl groups excluding tert-OH is 1. The van der Waals surface area contributed by atoms with Crippen LogP contribution < -0.4 is 10.6 Å². The average molecular weight is 305 g/mol. The van der Waals surface area contributed by atoms with Crippen molar-refractivity contribution in [2.75, 3.05) is 31.6 Å².